The standard InChI is InChI=1S/C5H8INO2/c6-3-1-2-5(3,7)4(8)9/h3H,1-2,7H2,(H,8,9). The van der Waals surface area contributed by atoms with Gasteiger partial charge in [-0.05, 0) is 12.8 Å². The van der Waals surface area contributed by atoms with Gasteiger partial charge in [-0.1, -0.05) is 22.6 Å². The Morgan fingerprint density at radius 1 is 1.89 bits per heavy atom. The summed E-state index contributed by atoms with van der Waals surface area (Å²) in [5.74, 6) is -0.867. The zero-order valence-electron chi connectivity index (χ0n) is 4.80. The highest BCUT2D eigenvalue weighted by molar-refractivity contribution is 14.1. The van der Waals surface area contributed by atoms with Crippen molar-refractivity contribution < 1.29 is 9.90 Å². The Bertz CT molecular complexity index is 150. The highest BCUT2D eigenvalue weighted by Crippen LogP contribution is 2.36. The molecule has 1 aliphatic carbocycles. The van der Waals surface area contributed by atoms with Crippen molar-refractivity contribution in [3.63, 3.8) is 0 Å². The van der Waals surface area contributed by atoms with Crippen molar-refractivity contribution in [1.29, 1.82) is 0 Å². The predicted octanol–water partition coefficient (Wildman–Crippen LogP) is 0.366. The Hall–Kier alpha value is 0.160. The molecule has 0 aromatic rings. The van der Waals surface area contributed by atoms with Crippen LogP contribution in [0.15, 0.2) is 0 Å². The lowest BCUT2D eigenvalue weighted by molar-refractivity contribution is -0.145. The summed E-state index contributed by atoms with van der Waals surface area (Å²) < 4.78 is 0.118. The highest BCUT2D eigenvalue weighted by atomic mass is 127. The van der Waals surface area contributed by atoms with Crippen molar-refractivity contribution in [3.05, 3.63) is 0 Å². The van der Waals surface area contributed by atoms with Gasteiger partial charge < -0.3 is 10.8 Å². The number of carbonyl (C=O) groups is 1. The average molecular weight is 241 g/mol. The molecule has 2 atom stereocenters. The van der Waals surface area contributed by atoms with Crippen molar-refractivity contribution >= 4 is 28.6 Å². The normalized spacial score (nSPS) is 41.8. The monoisotopic (exact) mass is 241 g/mol. The quantitative estimate of drug-likeness (QED) is 0.514. The number of hydrogen-bond donors (Lipinski definition) is 2. The third-order valence-electron chi connectivity index (χ3n) is 1.77. The van der Waals surface area contributed by atoms with Gasteiger partial charge in [0.05, 0.1) is 0 Å². The van der Waals surface area contributed by atoms with E-state index in [2.05, 4.69) is 22.6 Å². The van der Waals surface area contributed by atoms with Crippen LogP contribution in [0.4, 0.5) is 0 Å². The van der Waals surface area contributed by atoms with E-state index in [1.54, 1.807) is 0 Å². The number of carboxylic acids is 1. The van der Waals surface area contributed by atoms with E-state index >= 15 is 0 Å². The second-order valence-corrected chi connectivity index (χ2v) is 3.86. The van der Waals surface area contributed by atoms with E-state index in [0.29, 0.717) is 6.42 Å². The topological polar surface area (TPSA) is 63.3 Å². The maximum atomic E-state index is 10.4. The Morgan fingerprint density at radius 2 is 2.44 bits per heavy atom. The van der Waals surface area contributed by atoms with Gasteiger partial charge >= 0.3 is 5.97 Å². The molecular weight excluding hydrogens is 233 g/mol. The maximum absolute atomic E-state index is 10.4. The molecular formula is C5H8INO2. The summed E-state index contributed by atoms with van der Waals surface area (Å²) in [6, 6.07) is 0. The number of nitrogens with two attached hydrogens (primary N) is 1. The maximum Gasteiger partial charge on any atom is 0.324 e. The first-order chi connectivity index (χ1) is 4.07. The number of halogens is 1. The first-order valence-corrected chi connectivity index (χ1v) is 3.98. The molecule has 0 aliphatic heterocycles. The summed E-state index contributed by atoms with van der Waals surface area (Å²) >= 11 is 2.08. The second kappa shape index (κ2) is 2.09. The van der Waals surface area contributed by atoms with E-state index in [1.807, 2.05) is 0 Å². The van der Waals surface area contributed by atoms with Crippen LogP contribution < -0.4 is 5.73 Å². The largest absolute Gasteiger partial charge is 0.480 e. The fraction of sp³-hybridized carbons (Fsp3) is 0.800. The van der Waals surface area contributed by atoms with Crippen LogP contribution >= 0.6 is 22.6 Å². The predicted molar refractivity (Wildman–Crippen MR) is 41.6 cm³/mol. The van der Waals surface area contributed by atoms with Crippen molar-refractivity contribution in [3.8, 4) is 0 Å². The molecule has 1 rings (SSSR count). The number of hydrogen-bond acceptors (Lipinski definition) is 2. The van der Waals surface area contributed by atoms with Crippen molar-refractivity contribution in [2.45, 2.75) is 22.3 Å². The van der Waals surface area contributed by atoms with E-state index in [0.717, 1.165) is 6.42 Å². The molecule has 1 aliphatic rings. The lowest BCUT2D eigenvalue weighted by Crippen LogP contribution is -2.61. The minimum Gasteiger partial charge on any atom is -0.480 e. The van der Waals surface area contributed by atoms with Gasteiger partial charge in [0.1, 0.15) is 5.54 Å². The van der Waals surface area contributed by atoms with E-state index in [4.69, 9.17) is 10.8 Å². The van der Waals surface area contributed by atoms with Gasteiger partial charge in [0.25, 0.3) is 0 Å². The SMILES string of the molecule is NC1(C(=O)O)CCC1I. The molecule has 2 unspecified atom stereocenters. The van der Waals surface area contributed by atoms with Gasteiger partial charge in [-0.25, -0.2) is 0 Å². The molecule has 0 aromatic carbocycles. The number of rotatable bonds is 1. The minimum atomic E-state index is -0.916. The molecule has 9 heavy (non-hydrogen) atoms. The highest BCUT2D eigenvalue weighted by Gasteiger charge is 2.48. The van der Waals surface area contributed by atoms with Crippen LogP contribution in [0.5, 0.6) is 0 Å². The average Bonchev–Trinajstić information content (AvgIpc) is 1.82. The summed E-state index contributed by atoms with van der Waals surface area (Å²) in [6.07, 6.45) is 1.55. The third kappa shape index (κ3) is 0.939. The Labute approximate surface area is 66.8 Å². The lowest BCUT2D eigenvalue weighted by atomic mass is 9.78. The molecule has 0 radical (unpaired) electrons. The van der Waals surface area contributed by atoms with Gasteiger partial charge in [0.2, 0.25) is 0 Å². The molecule has 1 fully saturated rings. The van der Waals surface area contributed by atoms with Gasteiger partial charge in [-0.3, -0.25) is 4.79 Å². The molecule has 3 nitrogen and oxygen atoms in total. The van der Waals surface area contributed by atoms with E-state index < -0.39 is 11.5 Å². The second-order valence-electron chi connectivity index (χ2n) is 2.35. The molecule has 4 heteroatoms. The molecule has 0 bridgehead atoms. The Morgan fingerprint density at radius 3 is 2.44 bits per heavy atom. The minimum absolute atomic E-state index is 0.118. The van der Waals surface area contributed by atoms with Crippen molar-refractivity contribution in [1.82, 2.24) is 0 Å². The van der Waals surface area contributed by atoms with E-state index in [-0.39, 0.29) is 3.92 Å². The molecule has 0 saturated heterocycles. The third-order valence-corrected chi connectivity index (χ3v) is 3.50. The molecule has 0 spiro atoms. The molecule has 1 saturated carbocycles. The summed E-state index contributed by atoms with van der Waals surface area (Å²) in [5, 5.41) is 8.53. The van der Waals surface area contributed by atoms with Crippen molar-refractivity contribution in [2.24, 2.45) is 5.73 Å². The molecule has 52 valence electrons. The van der Waals surface area contributed by atoms with Gasteiger partial charge in [-0.2, -0.15) is 0 Å². The molecule has 0 aromatic heterocycles. The summed E-state index contributed by atoms with van der Waals surface area (Å²) in [5.41, 5.74) is 4.57. The number of alkyl halides is 1. The van der Waals surface area contributed by atoms with Gasteiger partial charge in [-0.15, -0.1) is 0 Å². The first-order valence-electron chi connectivity index (χ1n) is 2.74. The Balaban J connectivity index is 2.64. The van der Waals surface area contributed by atoms with Crippen LogP contribution in [-0.2, 0) is 4.79 Å². The van der Waals surface area contributed by atoms with Gasteiger partial charge in [0.15, 0.2) is 0 Å². The summed E-state index contributed by atoms with van der Waals surface area (Å²) in [7, 11) is 0. The molecule has 0 heterocycles. The van der Waals surface area contributed by atoms with Crippen molar-refractivity contribution in [2.75, 3.05) is 0 Å². The summed E-state index contributed by atoms with van der Waals surface area (Å²) in [6.45, 7) is 0. The van der Waals surface area contributed by atoms with E-state index in [1.165, 1.54) is 0 Å². The summed E-state index contributed by atoms with van der Waals surface area (Å²) in [4.78, 5) is 10.4. The zero-order valence-corrected chi connectivity index (χ0v) is 6.96. The smallest absolute Gasteiger partial charge is 0.324 e. The van der Waals surface area contributed by atoms with Crippen LogP contribution in [0, 0.1) is 0 Å². The number of aliphatic carboxylic acids is 1. The van der Waals surface area contributed by atoms with Crippen LogP contribution in [0.2, 0.25) is 0 Å². The fourth-order valence-electron chi connectivity index (χ4n) is 0.805. The van der Waals surface area contributed by atoms with E-state index in [9.17, 15) is 4.79 Å². The van der Waals surface area contributed by atoms with Crippen LogP contribution in [-0.4, -0.2) is 20.5 Å². The fourth-order valence-corrected chi connectivity index (χ4v) is 1.69. The number of carboxylic acid groups (broad SMARTS) is 1. The Kier molecular flexibility index (Phi) is 1.69. The lowest BCUT2D eigenvalue weighted by Gasteiger charge is -2.39. The zero-order chi connectivity index (χ0) is 7.07. The van der Waals surface area contributed by atoms with Crippen LogP contribution in [0.3, 0.4) is 0 Å². The molecule has 3 N–H and O–H groups in total. The van der Waals surface area contributed by atoms with Gasteiger partial charge in [0, 0.05) is 3.92 Å². The van der Waals surface area contributed by atoms with Crippen LogP contribution in [0.1, 0.15) is 12.8 Å². The first kappa shape index (κ1) is 7.27. The van der Waals surface area contributed by atoms with Crippen LogP contribution in [0.25, 0.3) is 0 Å². The molecule has 0 amide bonds.